The van der Waals surface area contributed by atoms with Crippen LogP contribution in [0.15, 0.2) is 110 Å². The molecule has 0 saturated heterocycles. The highest BCUT2D eigenvalue weighted by Crippen LogP contribution is 2.40. The monoisotopic (exact) mass is 646 g/mol. The van der Waals surface area contributed by atoms with Crippen molar-refractivity contribution in [3.63, 3.8) is 0 Å². The van der Waals surface area contributed by atoms with Crippen molar-refractivity contribution >= 4 is 21.8 Å². The molecular formula is C44H46N4O. The lowest BCUT2D eigenvalue weighted by Crippen LogP contribution is -2.04. The molecule has 0 aliphatic rings. The minimum atomic E-state index is 0.477. The third-order valence-corrected chi connectivity index (χ3v) is 9.81. The molecule has 2 atom stereocenters. The first-order chi connectivity index (χ1) is 23.8. The molecule has 3 heterocycles. The summed E-state index contributed by atoms with van der Waals surface area (Å²) in [5.41, 5.74) is 11.1. The maximum Gasteiger partial charge on any atom is 0.137 e. The lowest BCUT2D eigenvalue weighted by molar-refractivity contribution is 0.483. The molecule has 0 aliphatic heterocycles. The van der Waals surface area contributed by atoms with Gasteiger partial charge in [-0.05, 0) is 103 Å². The zero-order chi connectivity index (χ0) is 34.1. The van der Waals surface area contributed by atoms with Gasteiger partial charge in [-0.2, -0.15) is 5.10 Å². The number of hydrogen-bond donors (Lipinski definition) is 0. The molecule has 1 unspecified atom stereocenters. The number of para-hydroxylation sites is 1. The molecule has 248 valence electrons. The molecule has 0 spiro atoms. The number of ether oxygens (including phenoxy) is 1. The van der Waals surface area contributed by atoms with Crippen molar-refractivity contribution in [3.8, 4) is 34.1 Å². The second kappa shape index (κ2) is 13.8. The van der Waals surface area contributed by atoms with Gasteiger partial charge in [0, 0.05) is 40.9 Å². The zero-order valence-electron chi connectivity index (χ0n) is 29.6. The van der Waals surface area contributed by atoms with Gasteiger partial charge in [0.1, 0.15) is 17.3 Å². The summed E-state index contributed by atoms with van der Waals surface area (Å²) in [6.07, 6.45) is 10.8. The molecular weight excluding hydrogens is 601 g/mol. The normalized spacial score (nSPS) is 12.9. The van der Waals surface area contributed by atoms with E-state index in [2.05, 4.69) is 125 Å². The van der Waals surface area contributed by atoms with Gasteiger partial charge in [-0.15, -0.1) is 0 Å². The first-order valence-electron chi connectivity index (χ1n) is 17.8. The Morgan fingerprint density at radius 3 is 2.14 bits per heavy atom. The van der Waals surface area contributed by atoms with Gasteiger partial charge in [0.15, 0.2) is 0 Å². The summed E-state index contributed by atoms with van der Waals surface area (Å²) in [6.45, 7) is 13.6. The average Bonchev–Trinajstić information content (AvgIpc) is 3.71. The van der Waals surface area contributed by atoms with Gasteiger partial charge in [0.2, 0.25) is 0 Å². The van der Waals surface area contributed by atoms with Gasteiger partial charge in [0.25, 0.3) is 0 Å². The van der Waals surface area contributed by atoms with Crippen LogP contribution in [0.4, 0.5) is 0 Å². The molecule has 49 heavy (non-hydrogen) atoms. The summed E-state index contributed by atoms with van der Waals surface area (Å²) in [4.78, 5) is 4.73. The molecule has 0 aliphatic carbocycles. The Labute approximate surface area is 290 Å². The Morgan fingerprint density at radius 2 is 1.41 bits per heavy atom. The SMILES string of the molecule is CCCC(C)c1cc(C)cc([C@H](C)CCC)c1-c1cnn(-c2cccc(Oc3ccc4c5ccccc5n(-c5cc(C)ccn5)c4c3)c2)c1. The standard InChI is InChI=1S/C44H46N4O/c1-7-12-31(5)39-22-30(4)23-40(32(6)13-8-2)44(39)33-27-46-47(28-33)34-14-11-15-35(25-34)49-36-18-19-38-37-16-9-10-17-41(37)48(42(38)26-36)43-24-29(3)20-21-45-43/h9-11,14-28,31-32H,7-8,12-13H2,1-6H3/t31-,32?/m1/s1. The molecule has 4 aromatic carbocycles. The molecule has 0 amide bonds. The summed E-state index contributed by atoms with van der Waals surface area (Å²) in [7, 11) is 0. The van der Waals surface area contributed by atoms with Crippen molar-refractivity contribution in [3.05, 3.63) is 132 Å². The Bertz CT molecular complexity index is 2220. The summed E-state index contributed by atoms with van der Waals surface area (Å²) >= 11 is 0. The van der Waals surface area contributed by atoms with Gasteiger partial charge >= 0.3 is 0 Å². The van der Waals surface area contributed by atoms with Crippen molar-refractivity contribution < 1.29 is 4.74 Å². The zero-order valence-corrected chi connectivity index (χ0v) is 29.6. The Hall–Kier alpha value is -5.16. The van der Waals surface area contributed by atoms with E-state index in [9.17, 15) is 0 Å². The number of rotatable bonds is 11. The largest absolute Gasteiger partial charge is 0.457 e. The Kier molecular flexibility index (Phi) is 9.09. The molecule has 7 rings (SSSR count). The van der Waals surface area contributed by atoms with Crippen LogP contribution in [-0.4, -0.2) is 19.3 Å². The summed E-state index contributed by atoms with van der Waals surface area (Å²) < 4.78 is 10.7. The van der Waals surface area contributed by atoms with Crippen molar-refractivity contribution in [2.45, 2.75) is 79.1 Å². The predicted octanol–water partition coefficient (Wildman–Crippen LogP) is 12.2. The molecule has 5 nitrogen and oxygen atoms in total. The molecule has 0 radical (unpaired) electrons. The number of fused-ring (bicyclic) bond motifs is 3. The van der Waals surface area contributed by atoms with E-state index in [-0.39, 0.29) is 0 Å². The second-order valence-corrected chi connectivity index (χ2v) is 13.7. The molecule has 0 saturated carbocycles. The fraction of sp³-hybridized carbons (Fsp3) is 0.273. The third kappa shape index (κ3) is 6.38. The maximum atomic E-state index is 6.54. The number of hydrogen-bond acceptors (Lipinski definition) is 3. The lowest BCUT2D eigenvalue weighted by atomic mass is 9.81. The lowest BCUT2D eigenvalue weighted by Gasteiger charge is -2.23. The molecule has 7 aromatic rings. The molecule has 0 bridgehead atoms. The van der Waals surface area contributed by atoms with Crippen LogP contribution in [0.2, 0.25) is 0 Å². The smallest absolute Gasteiger partial charge is 0.137 e. The number of aromatic nitrogens is 4. The van der Waals surface area contributed by atoms with Crippen LogP contribution in [0.5, 0.6) is 11.5 Å². The van der Waals surface area contributed by atoms with Crippen LogP contribution in [0, 0.1) is 13.8 Å². The number of nitrogens with zero attached hydrogens (tertiary/aromatic N) is 4. The van der Waals surface area contributed by atoms with Crippen molar-refractivity contribution in [1.29, 1.82) is 0 Å². The highest BCUT2D eigenvalue weighted by Gasteiger charge is 2.21. The topological polar surface area (TPSA) is 44.9 Å². The van der Waals surface area contributed by atoms with Crippen LogP contribution in [0.1, 0.15) is 87.5 Å². The van der Waals surface area contributed by atoms with Crippen molar-refractivity contribution in [1.82, 2.24) is 19.3 Å². The minimum absolute atomic E-state index is 0.477. The number of benzene rings is 4. The quantitative estimate of drug-likeness (QED) is 0.140. The van der Waals surface area contributed by atoms with Crippen LogP contribution < -0.4 is 4.74 Å². The van der Waals surface area contributed by atoms with E-state index >= 15 is 0 Å². The van der Waals surface area contributed by atoms with Gasteiger partial charge < -0.3 is 4.74 Å². The second-order valence-electron chi connectivity index (χ2n) is 13.7. The number of aryl methyl sites for hydroxylation is 2. The summed E-state index contributed by atoms with van der Waals surface area (Å²) in [5, 5.41) is 7.25. The predicted molar refractivity (Wildman–Crippen MR) is 204 cm³/mol. The van der Waals surface area contributed by atoms with Gasteiger partial charge in [-0.3, -0.25) is 4.57 Å². The fourth-order valence-corrected chi connectivity index (χ4v) is 7.45. The van der Waals surface area contributed by atoms with E-state index in [4.69, 9.17) is 14.8 Å². The van der Waals surface area contributed by atoms with E-state index in [1.54, 1.807) is 0 Å². The van der Waals surface area contributed by atoms with Gasteiger partial charge in [0.05, 0.1) is 22.9 Å². The maximum absolute atomic E-state index is 6.54. The first-order valence-corrected chi connectivity index (χ1v) is 17.8. The van der Waals surface area contributed by atoms with Crippen LogP contribution >= 0.6 is 0 Å². The van der Waals surface area contributed by atoms with Crippen LogP contribution in [-0.2, 0) is 0 Å². The van der Waals surface area contributed by atoms with E-state index < -0.39 is 0 Å². The van der Waals surface area contributed by atoms with Crippen LogP contribution in [0.3, 0.4) is 0 Å². The van der Waals surface area contributed by atoms with Crippen LogP contribution in [0.25, 0.3) is 44.4 Å². The highest BCUT2D eigenvalue weighted by atomic mass is 16.5. The molecule has 5 heteroatoms. The Morgan fingerprint density at radius 1 is 0.694 bits per heavy atom. The number of pyridine rings is 1. The third-order valence-electron chi connectivity index (χ3n) is 9.81. The van der Waals surface area contributed by atoms with E-state index in [1.165, 1.54) is 69.8 Å². The van der Waals surface area contributed by atoms with E-state index in [1.807, 2.05) is 35.3 Å². The van der Waals surface area contributed by atoms with Crippen molar-refractivity contribution in [2.24, 2.45) is 0 Å². The fourth-order valence-electron chi connectivity index (χ4n) is 7.45. The minimum Gasteiger partial charge on any atom is -0.457 e. The average molecular weight is 647 g/mol. The Balaban J connectivity index is 1.24. The first kappa shape index (κ1) is 32.4. The summed E-state index contributed by atoms with van der Waals surface area (Å²) in [6, 6.07) is 32.0. The molecule has 0 fully saturated rings. The van der Waals surface area contributed by atoms with Gasteiger partial charge in [-0.25, -0.2) is 9.67 Å². The van der Waals surface area contributed by atoms with Crippen molar-refractivity contribution in [2.75, 3.05) is 0 Å². The van der Waals surface area contributed by atoms with E-state index in [0.717, 1.165) is 34.0 Å². The van der Waals surface area contributed by atoms with Gasteiger partial charge in [-0.1, -0.05) is 82.5 Å². The summed E-state index contributed by atoms with van der Waals surface area (Å²) in [5.74, 6) is 3.38. The highest BCUT2D eigenvalue weighted by molar-refractivity contribution is 6.09. The molecule has 0 N–H and O–H groups in total. The van der Waals surface area contributed by atoms with E-state index in [0.29, 0.717) is 11.8 Å². The molecule has 3 aromatic heterocycles.